The quantitative estimate of drug-likeness (QED) is 0.480. The van der Waals surface area contributed by atoms with Gasteiger partial charge in [-0.25, -0.2) is 4.39 Å². The summed E-state index contributed by atoms with van der Waals surface area (Å²) in [5.41, 5.74) is 3.52. The number of aliphatic imine (C=N–C) groups is 1. The SMILES string of the molecule is Fc1cc(-c2ccc(C3CCCCC3)cc2)ccc1N=C=S. The van der Waals surface area contributed by atoms with Crippen molar-refractivity contribution in [1.29, 1.82) is 0 Å². The van der Waals surface area contributed by atoms with Gasteiger partial charge in [0.05, 0.1) is 5.16 Å². The first-order valence-electron chi connectivity index (χ1n) is 7.75. The number of rotatable bonds is 3. The Morgan fingerprint density at radius 1 is 0.955 bits per heavy atom. The zero-order chi connectivity index (χ0) is 15.4. The van der Waals surface area contributed by atoms with E-state index < -0.39 is 0 Å². The van der Waals surface area contributed by atoms with Crippen molar-refractivity contribution in [2.24, 2.45) is 4.99 Å². The highest BCUT2D eigenvalue weighted by Gasteiger charge is 2.15. The van der Waals surface area contributed by atoms with E-state index in [-0.39, 0.29) is 11.5 Å². The topological polar surface area (TPSA) is 12.4 Å². The third-order valence-corrected chi connectivity index (χ3v) is 4.53. The molecule has 0 amide bonds. The predicted molar refractivity (Wildman–Crippen MR) is 92.3 cm³/mol. The molecule has 112 valence electrons. The lowest BCUT2D eigenvalue weighted by atomic mass is 9.84. The van der Waals surface area contributed by atoms with Gasteiger partial charge in [0.1, 0.15) is 11.5 Å². The minimum absolute atomic E-state index is 0.234. The Kier molecular flexibility index (Phi) is 4.77. The first kappa shape index (κ1) is 15.1. The molecule has 0 aromatic heterocycles. The molecule has 3 rings (SSSR count). The van der Waals surface area contributed by atoms with Crippen LogP contribution in [0.5, 0.6) is 0 Å². The van der Waals surface area contributed by atoms with Crippen LogP contribution in [-0.2, 0) is 0 Å². The van der Waals surface area contributed by atoms with Crippen molar-refractivity contribution in [3.05, 3.63) is 53.8 Å². The van der Waals surface area contributed by atoms with Crippen LogP contribution < -0.4 is 0 Å². The van der Waals surface area contributed by atoms with Gasteiger partial charge in [-0.1, -0.05) is 49.6 Å². The van der Waals surface area contributed by atoms with E-state index in [0.29, 0.717) is 5.92 Å². The number of isothiocyanates is 1. The number of benzene rings is 2. The molecule has 0 atom stereocenters. The molecule has 2 aromatic carbocycles. The Bertz CT molecular complexity index is 696. The van der Waals surface area contributed by atoms with E-state index in [2.05, 4.69) is 46.6 Å². The fraction of sp³-hybridized carbons (Fsp3) is 0.316. The van der Waals surface area contributed by atoms with E-state index in [4.69, 9.17) is 0 Å². The van der Waals surface area contributed by atoms with E-state index >= 15 is 0 Å². The van der Waals surface area contributed by atoms with E-state index in [0.717, 1.165) is 11.1 Å². The zero-order valence-corrected chi connectivity index (χ0v) is 13.2. The average Bonchev–Trinajstić information content (AvgIpc) is 2.58. The molecule has 0 bridgehead atoms. The van der Waals surface area contributed by atoms with Gasteiger partial charge in [0.2, 0.25) is 0 Å². The second-order valence-corrected chi connectivity index (χ2v) is 6.01. The van der Waals surface area contributed by atoms with Crippen molar-refractivity contribution < 1.29 is 4.39 Å². The largest absolute Gasteiger partial charge is 0.205 e. The summed E-state index contributed by atoms with van der Waals surface area (Å²) in [6.07, 6.45) is 6.61. The molecular weight excluding hydrogens is 293 g/mol. The lowest BCUT2D eigenvalue weighted by Gasteiger charge is -2.22. The summed E-state index contributed by atoms with van der Waals surface area (Å²) in [6, 6.07) is 13.5. The van der Waals surface area contributed by atoms with Gasteiger partial charge < -0.3 is 0 Å². The summed E-state index contributed by atoms with van der Waals surface area (Å²) >= 11 is 4.51. The highest BCUT2D eigenvalue weighted by Crippen LogP contribution is 2.34. The van der Waals surface area contributed by atoms with Gasteiger partial charge in [0.15, 0.2) is 0 Å². The van der Waals surface area contributed by atoms with Crippen molar-refractivity contribution in [3.63, 3.8) is 0 Å². The minimum Gasteiger partial charge on any atom is -0.205 e. The number of hydrogen-bond donors (Lipinski definition) is 0. The second-order valence-electron chi connectivity index (χ2n) is 5.83. The molecule has 1 nitrogen and oxygen atoms in total. The Morgan fingerprint density at radius 3 is 2.27 bits per heavy atom. The van der Waals surface area contributed by atoms with Gasteiger partial charge in [0.25, 0.3) is 0 Å². The summed E-state index contributed by atoms with van der Waals surface area (Å²) in [6.45, 7) is 0. The number of hydrogen-bond acceptors (Lipinski definition) is 2. The first-order chi connectivity index (χ1) is 10.8. The minimum atomic E-state index is -0.369. The van der Waals surface area contributed by atoms with Gasteiger partial charge in [-0.2, -0.15) is 4.99 Å². The Morgan fingerprint density at radius 2 is 1.64 bits per heavy atom. The van der Waals surface area contributed by atoms with E-state index in [9.17, 15) is 4.39 Å². The Hall–Kier alpha value is -1.83. The third kappa shape index (κ3) is 3.32. The highest BCUT2D eigenvalue weighted by atomic mass is 32.1. The zero-order valence-electron chi connectivity index (χ0n) is 12.4. The van der Waals surface area contributed by atoms with Gasteiger partial charge >= 0.3 is 0 Å². The van der Waals surface area contributed by atoms with Gasteiger partial charge in [0, 0.05) is 0 Å². The molecule has 2 aromatic rings. The molecule has 3 heteroatoms. The fourth-order valence-electron chi connectivity index (χ4n) is 3.21. The Labute approximate surface area is 135 Å². The molecule has 0 radical (unpaired) electrons. The molecule has 0 unspecified atom stereocenters. The molecule has 1 saturated carbocycles. The van der Waals surface area contributed by atoms with Crippen molar-refractivity contribution in [3.8, 4) is 11.1 Å². The maximum absolute atomic E-state index is 13.9. The number of nitrogens with zero attached hydrogens (tertiary/aromatic N) is 1. The van der Waals surface area contributed by atoms with Crippen LogP contribution >= 0.6 is 12.2 Å². The standard InChI is InChI=1S/C19H18FNS/c20-18-12-17(10-11-19(18)21-13-22)16-8-6-15(7-9-16)14-4-2-1-3-5-14/h6-12,14H,1-5H2. The van der Waals surface area contributed by atoms with Crippen molar-refractivity contribution in [2.75, 3.05) is 0 Å². The lowest BCUT2D eigenvalue weighted by Crippen LogP contribution is -2.04. The molecular formula is C19H18FNS. The maximum atomic E-state index is 13.9. The number of halogens is 1. The smallest absolute Gasteiger partial charge is 0.150 e. The Balaban J connectivity index is 1.83. The molecule has 1 fully saturated rings. The molecule has 0 spiro atoms. The molecule has 22 heavy (non-hydrogen) atoms. The van der Waals surface area contributed by atoms with E-state index in [1.165, 1.54) is 43.7 Å². The third-order valence-electron chi connectivity index (χ3n) is 4.43. The molecule has 0 N–H and O–H groups in total. The summed E-state index contributed by atoms with van der Waals surface area (Å²) in [7, 11) is 0. The van der Waals surface area contributed by atoms with E-state index in [1.54, 1.807) is 6.07 Å². The molecule has 0 heterocycles. The average molecular weight is 311 g/mol. The van der Waals surface area contributed by atoms with Crippen LogP contribution in [0.15, 0.2) is 47.5 Å². The maximum Gasteiger partial charge on any atom is 0.150 e. The monoisotopic (exact) mass is 311 g/mol. The molecule has 1 aliphatic carbocycles. The van der Waals surface area contributed by atoms with Crippen molar-refractivity contribution >= 4 is 23.1 Å². The first-order valence-corrected chi connectivity index (χ1v) is 8.16. The normalized spacial score (nSPS) is 15.3. The summed E-state index contributed by atoms with van der Waals surface area (Å²) in [5.74, 6) is 0.324. The van der Waals surface area contributed by atoms with Gasteiger partial charge in [-0.15, -0.1) is 0 Å². The van der Waals surface area contributed by atoms with Crippen LogP contribution in [-0.4, -0.2) is 5.16 Å². The second kappa shape index (κ2) is 6.95. The van der Waals surface area contributed by atoms with Gasteiger partial charge in [-0.3, -0.25) is 0 Å². The summed E-state index contributed by atoms with van der Waals surface area (Å²) in [5, 5.41) is 2.20. The lowest BCUT2D eigenvalue weighted by molar-refractivity contribution is 0.443. The molecule has 0 aliphatic heterocycles. The molecule has 0 saturated heterocycles. The van der Waals surface area contributed by atoms with Crippen LogP contribution in [0.25, 0.3) is 11.1 Å². The molecule has 1 aliphatic rings. The van der Waals surface area contributed by atoms with Crippen LogP contribution in [0.4, 0.5) is 10.1 Å². The van der Waals surface area contributed by atoms with Crippen molar-refractivity contribution in [2.45, 2.75) is 38.0 Å². The van der Waals surface area contributed by atoms with Crippen LogP contribution in [0, 0.1) is 5.82 Å². The van der Waals surface area contributed by atoms with Gasteiger partial charge in [-0.05, 0) is 59.8 Å². The number of thiocarbonyl (C=S) groups is 1. The van der Waals surface area contributed by atoms with Crippen LogP contribution in [0.1, 0.15) is 43.6 Å². The van der Waals surface area contributed by atoms with E-state index in [1.807, 2.05) is 6.07 Å². The van der Waals surface area contributed by atoms with Crippen LogP contribution in [0.3, 0.4) is 0 Å². The predicted octanol–water partition coefficient (Wildman–Crippen LogP) is 6.27. The summed E-state index contributed by atoms with van der Waals surface area (Å²) < 4.78 is 13.9. The summed E-state index contributed by atoms with van der Waals surface area (Å²) in [4.78, 5) is 3.71. The fourth-order valence-corrected chi connectivity index (χ4v) is 3.31. The highest BCUT2D eigenvalue weighted by molar-refractivity contribution is 7.78. The van der Waals surface area contributed by atoms with Crippen LogP contribution in [0.2, 0.25) is 0 Å². The van der Waals surface area contributed by atoms with Crippen molar-refractivity contribution in [1.82, 2.24) is 0 Å².